The van der Waals surface area contributed by atoms with Gasteiger partial charge in [-0.3, -0.25) is 0 Å². The molecule has 2 N–H and O–H groups in total. The monoisotopic (exact) mass is 243 g/mol. The molecule has 2 unspecified atom stereocenters. The third-order valence-corrected chi connectivity index (χ3v) is 5.33. The lowest BCUT2D eigenvalue weighted by atomic mass is 9.66. The normalized spacial score (nSPS) is 30.1. The molecule has 1 aromatic carbocycles. The van der Waals surface area contributed by atoms with Crippen LogP contribution in [0, 0.1) is 11.8 Å². The van der Waals surface area contributed by atoms with Crippen molar-refractivity contribution in [3.63, 3.8) is 0 Å². The van der Waals surface area contributed by atoms with Crippen LogP contribution in [0.2, 0.25) is 0 Å². The zero-order valence-electron chi connectivity index (χ0n) is 11.5. The van der Waals surface area contributed by atoms with Gasteiger partial charge in [-0.05, 0) is 42.2 Å². The molecule has 0 aliphatic heterocycles. The molecule has 0 aromatic heterocycles. The van der Waals surface area contributed by atoms with Crippen LogP contribution < -0.4 is 5.73 Å². The van der Waals surface area contributed by atoms with Crippen LogP contribution in [0.4, 0.5) is 0 Å². The highest BCUT2D eigenvalue weighted by Crippen LogP contribution is 2.44. The fourth-order valence-electron chi connectivity index (χ4n) is 4.39. The molecule has 0 bridgehead atoms. The lowest BCUT2D eigenvalue weighted by Gasteiger charge is -2.42. The van der Waals surface area contributed by atoms with E-state index in [9.17, 15) is 0 Å². The lowest BCUT2D eigenvalue weighted by Crippen LogP contribution is -2.51. The van der Waals surface area contributed by atoms with Gasteiger partial charge in [-0.15, -0.1) is 0 Å². The van der Waals surface area contributed by atoms with Gasteiger partial charge in [0.25, 0.3) is 0 Å². The summed E-state index contributed by atoms with van der Waals surface area (Å²) in [6, 6.07) is 8.85. The first-order valence-electron chi connectivity index (χ1n) is 7.58. The summed E-state index contributed by atoms with van der Waals surface area (Å²) in [6.45, 7) is 2.34. The van der Waals surface area contributed by atoms with Gasteiger partial charge in [0.1, 0.15) is 0 Å². The van der Waals surface area contributed by atoms with E-state index in [1.54, 1.807) is 0 Å². The van der Waals surface area contributed by atoms with Gasteiger partial charge in [0.05, 0.1) is 0 Å². The standard InChI is InChI=1S/C17H25N/c1-2-13-7-5-6-10-16(13)17(18)11-14-8-3-4-9-15(14)12-17/h3-4,8-9,13,16H,2,5-7,10-12,18H2,1H3. The van der Waals surface area contributed by atoms with E-state index in [0.717, 1.165) is 24.7 Å². The molecule has 0 heterocycles. The van der Waals surface area contributed by atoms with Gasteiger partial charge in [0.15, 0.2) is 0 Å². The van der Waals surface area contributed by atoms with E-state index < -0.39 is 0 Å². The molecular formula is C17H25N. The van der Waals surface area contributed by atoms with Crippen molar-refractivity contribution in [3.05, 3.63) is 35.4 Å². The Bertz CT molecular complexity index is 398. The summed E-state index contributed by atoms with van der Waals surface area (Å²) in [5.74, 6) is 1.60. The van der Waals surface area contributed by atoms with Crippen molar-refractivity contribution >= 4 is 0 Å². The van der Waals surface area contributed by atoms with E-state index in [2.05, 4.69) is 31.2 Å². The molecule has 0 saturated heterocycles. The van der Waals surface area contributed by atoms with Crippen molar-refractivity contribution in [2.24, 2.45) is 17.6 Å². The summed E-state index contributed by atoms with van der Waals surface area (Å²) in [6.07, 6.45) is 9.06. The minimum absolute atomic E-state index is 0.0464. The predicted molar refractivity (Wildman–Crippen MR) is 76.5 cm³/mol. The van der Waals surface area contributed by atoms with Gasteiger partial charge in [-0.2, -0.15) is 0 Å². The number of hydrogen-bond acceptors (Lipinski definition) is 1. The predicted octanol–water partition coefficient (Wildman–Crippen LogP) is 3.70. The summed E-state index contributed by atoms with van der Waals surface area (Å²) in [5, 5.41) is 0. The number of hydrogen-bond donors (Lipinski definition) is 1. The maximum atomic E-state index is 6.85. The molecule has 2 aliphatic rings. The number of rotatable bonds is 2. The van der Waals surface area contributed by atoms with Crippen molar-refractivity contribution in [1.29, 1.82) is 0 Å². The Morgan fingerprint density at radius 1 is 1.11 bits per heavy atom. The Labute approximate surface area is 111 Å². The molecule has 1 aromatic rings. The van der Waals surface area contributed by atoms with Gasteiger partial charge in [0, 0.05) is 5.54 Å². The molecule has 1 fully saturated rings. The van der Waals surface area contributed by atoms with Crippen LogP contribution in [-0.2, 0) is 12.8 Å². The fraction of sp³-hybridized carbons (Fsp3) is 0.647. The molecule has 1 heteroatoms. The molecule has 1 nitrogen and oxygen atoms in total. The summed E-state index contributed by atoms with van der Waals surface area (Å²) in [4.78, 5) is 0. The van der Waals surface area contributed by atoms with Crippen LogP contribution in [0.25, 0.3) is 0 Å². The van der Waals surface area contributed by atoms with E-state index in [1.807, 2.05) is 0 Å². The van der Waals surface area contributed by atoms with Crippen molar-refractivity contribution in [2.45, 2.75) is 57.4 Å². The second-order valence-electron chi connectivity index (χ2n) is 6.41. The highest BCUT2D eigenvalue weighted by molar-refractivity contribution is 5.36. The first-order chi connectivity index (χ1) is 8.73. The summed E-state index contributed by atoms with van der Waals surface area (Å²) < 4.78 is 0. The van der Waals surface area contributed by atoms with Crippen molar-refractivity contribution < 1.29 is 0 Å². The molecular weight excluding hydrogens is 218 g/mol. The zero-order valence-corrected chi connectivity index (χ0v) is 11.5. The van der Waals surface area contributed by atoms with E-state index >= 15 is 0 Å². The smallest absolute Gasteiger partial charge is 0.0267 e. The Morgan fingerprint density at radius 2 is 1.72 bits per heavy atom. The maximum Gasteiger partial charge on any atom is 0.0267 e. The van der Waals surface area contributed by atoms with Gasteiger partial charge < -0.3 is 5.73 Å². The average molecular weight is 243 g/mol. The van der Waals surface area contributed by atoms with E-state index in [-0.39, 0.29) is 5.54 Å². The van der Waals surface area contributed by atoms with Gasteiger partial charge in [0.2, 0.25) is 0 Å². The summed E-state index contributed by atoms with van der Waals surface area (Å²) >= 11 is 0. The van der Waals surface area contributed by atoms with E-state index in [0.29, 0.717) is 0 Å². The first-order valence-corrected chi connectivity index (χ1v) is 7.58. The van der Waals surface area contributed by atoms with Crippen LogP contribution in [0.3, 0.4) is 0 Å². The summed E-state index contributed by atoms with van der Waals surface area (Å²) in [5.41, 5.74) is 9.90. The van der Waals surface area contributed by atoms with Crippen LogP contribution in [0.5, 0.6) is 0 Å². The van der Waals surface area contributed by atoms with Crippen LogP contribution in [0.1, 0.15) is 50.2 Å². The molecule has 0 spiro atoms. The quantitative estimate of drug-likeness (QED) is 0.842. The minimum Gasteiger partial charge on any atom is -0.324 e. The molecule has 0 amide bonds. The van der Waals surface area contributed by atoms with Gasteiger partial charge >= 0.3 is 0 Å². The topological polar surface area (TPSA) is 26.0 Å². The van der Waals surface area contributed by atoms with Crippen molar-refractivity contribution in [1.82, 2.24) is 0 Å². The molecule has 0 radical (unpaired) electrons. The number of fused-ring (bicyclic) bond motifs is 1. The third kappa shape index (κ3) is 1.99. The molecule has 98 valence electrons. The first kappa shape index (κ1) is 12.2. The third-order valence-electron chi connectivity index (χ3n) is 5.33. The van der Waals surface area contributed by atoms with Gasteiger partial charge in [-0.1, -0.05) is 56.9 Å². The largest absolute Gasteiger partial charge is 0.324 e. The lowest BCUT2D eigenvalue weighted by molar-refractivity contribution is 0.133. The van der Waals surface area contributed by atoms with Crippen LogP contribution in [0.15, 0.2) is 24.3 Å². The van der Waals surface area contributed by atoms with Crippen molar-refractivity contribution in [2.75, 3.05) is 0 Å². The minimum atomic E-state index is 0.0464. The summed E-state index contributed by atoms with van der Waals surface area (Å²) in [7, 11) is 0. The molecule has 1 saturated carbocycles. The van der Waals surface area contributed by atoms with Crippen LogP contribution in [-0.4, -0.2) is 5.54 Å². The second kappa shape index (κ2) is 4.70. The SMILES string of the molecule is CCC1CCCCC1C1(N)Cc2ccccc2C1. The molecule has 2 atom stereocenters. The number of nitrogens with two attached hydrogens (primary N) is 1. The molecule has 3 rings (SSSR count). The van der Waals surface area contributed by atoms with Gasteiger partial charge in [-0.25, -0.2) is 0 Å². The molecule has 2 aliphatic carbocycles. The zero-order chi connectivity index (χ0) is 12.6. The molecule has 18 heavy (non-hydrogen) atoms. The average Bonchev–Trinajstić information content (AvgIpc) is 2.76. The highest BCUT2D eigenvalue weighted by Gasteiger charge is 2.43. The Hall–Kier alpha value is -0.820. The van der Waals surface area contributed by atoms with Crippen LogP contribution >= 0.6 is 0 Å². The Balaban J connectivity index is 1.84. The second-order valence-corrected chi connectivity index (χ2v) is 6.41. The Morgan fingerprint density at radius 3 is 2.33 bits per heavy atom. The maximum absolute atomic E-state index is 6.85. The van der Waals surface area contributed by atoms with Crippen molar-refractivity contribution in [3.8, 4) is 0 Å². The number of benzene rings is 1. The highest BCUT2D eigenvalue weighted by atomic mass is 14.8. The Kier molecular flexibility index (Phi) is 3.19. The van der Waals surface area contributed by atoms with E-state index in [4.69, 9.17) is 5.73 Å². The fourth-order valence-corrected chi connectivity index (χ4v) is 4.39. The van der Waals surface area contributed by atoms with E-state index in [1.165, 1.54) is 43.2 Å².